The Labute approximate surface area is 196 Å². The predicted octanol–water partition coefficient (Wildman–Crippen LogP) is 1.72. The number of halogens is 1. The second-order valence-corrected chi connectivity index (χ2v) is 10.3. The van der Waals surface area contributed by atoms with Gasteiger partial charge in [0.1, 0.15) is 6.04 Å². The van der Waals surface area contributed by atoms with Gasteiger partial charge in [-0.2, -0.15) is 4.31 Å². The molecule has 10 nitrogen and oxygen atoms in total. The number of amides is 1. The van der Waals surface area contributed by atoms with Gasteiger partial charge < -0.3 is 14.9 Å². The molecule has 0 bridgehead atoms. The molecule has 2 heterocycles. The molecule has 4 rings (SSSR count). The van der Waals surface area contributed by atoms with Gasteiger partial charge in [-0.25, -0.2) is 8.42 Å². The number of aliphatic hydroxyl groups excluding tert-OH is 1. The van der Waals surface area contributed by atoms with Gasteiger partial charge in [-0.1, -0.05) is 11.6 Å². The topological polar surface area (TPSA) is 124 Å². The van der Waals surface area contributed by atoms with Gasteiger partial charge in [0.25, 0.3) is 5.69 Å². The van der Waals surface area contributed by atoms with Gasteiger partial charge in [0.2, 0.25) is 15.9 Å². The van der Waals surface area contributed by atoms with E-state index in [4.69, 9.17) is 11.6 Å². The third-order valence-corrected chi connectivity index (χ3v) is 8.10. The summed E-state index contributed by atoms with van der Waals surface area (Å²) in [5, 5.41) is 21.4. The van der Waals surface area contributed by atoms with Crippen molar-refractivity contribution in [2.45, 2.75) is 23.5 Å². The third-order valence-electron chi connectivity index (χ3n) is 5.96. The lowest BCUT2D eigenvalue weighted by Gasteiger charge is -2.38. The van der Waals surface area contributed by atoms with Crippen molar-refractivity contribution in [2.75, 3.05) is 37.6 Å². The number of non-ortho nitro benzene ring substituents is 1. The minimum absolute atomic E-state index is 0.00865. The van der Waals surface area contributed by atoms with Crippen LogP contribution in [0.4, 0.5) is 11.4 Å². The molecule has 176 valence electrons. The Balaban J connectivity index is 1.45. The van der Waals surface area contributed by atoms with Crippen LogP contribution in [0.25, 0.3) is 0 Å². The molecule has 1 amide bonds. The average molecular weight is 495 g/mol. The van der Waals surface area contributed by atoms with E-state index in [0.717, 1.165) is 9.99 Å². The monoisotopic (exact) mass is 494 g/mol. The number of nitro groups is 1. The standard InChI is InChI=1S/C21H23ClN4O6S/c22-15-1-7-19(8-2-15)33(31,32)25-14-18(27)13-20(25)21(28)24-11-9-23(10-12-24)16-3-5-17(6-4-16)26(29)30/h1-8,18,20,27H,9-14H2/t18-,20+/m1/s1. The summed E-state index contributed by atoms with van der Waals surface area (Å²) in [7, 11) is -3.98. The second kappa shape index (κ2) is 9.26. The van der Waals surface area contributed by atoms with Crippen molar-refractivity contribution in [2.24, 2.45) is 0 Å². The van der Waals surface area contributed by atoms with E-state index >= 15 is 0 Å². The molecule has 2 aliphatic rings. The maximum atomic E-state index is 13.2. The van der Waals surface area contributed by atoms with Crippen LogP contribution in [0.15, 0.2) is 53.4 Å². The Morgan fingerprint density at radius 1 is 1.03 bits per heavy atom. The van der Waals surface area contributed by atoms with Crippen molar-refractivity contribution in [1.82, 2.24) is 9.21 Å². The Hall–Kier alpha value is -2.73. The molecule has 0 aromatic heterocycles. The molecule has 2 aliphatic heterocycles. The number of carbonyl (C=O) groups excluding carboxylic acids is 1. The van der Waals surface area contributed by atoms with Crippen LogP contribution in [0, 0.1) is 10.1 Å². The summed E-state index contributed by atoms with van der Waals surface area (Å²) in [6.07, 6.45) is -0.892. The van der Waals surface area contributed by atoms with Crippen LogP contribution in [0.2, 0.25) is 5.02 Å². The van der Waals surface area contributed by atoms with Gasteiger partial charge in [0, 0.05) is 62.0 Å². The summed E-state index contributed by atoms with van der Waals surface area (Å²) in [5.74, 6) is -0.340. The van der Waals surface area contributed by atoms with Crippen LogP contribution in [0.3, 0.4) is 0 Å². The van der Waals surface area contributed by atoms with E-state index < -0.39 is 27.1 Å². The second-order valence-electron chi connectivity index (χ2n) is 8.02. The number of carbonyl (C=O) groups is 1. The summed E-state index contributed by atoms with van der Waals surface area (Å²) in [6, 6.07) is 10.9. The summed E-state index contributed by atoms with van der Waals surface area (Å²) in [4.78, 5) is 27.3. The smallest absolute Gasteiger partial charge is 0.269 e. The van der Waals surface area contributed by atoms with Gasteiger partial charge in [0.15, 0.2) is 0 Å². The zero-order valence-electron chi connectivity index (χ0n) is 17.6. The number of nitrogens with zero attached hydrogens (tertiary/aromatic N) is 4. The number of anilines is 1. The molecule has 2 aromatic rings. The lowest BCUT2D eigenvalue weighted by atomic mass is 10.1. The van der Waals surface area contributed by atoms with Crippen LogP contribution in [-0.2, 0) is 14.8 Å². The molecule has 0 unspecified atom stereocenters. The quantitative estimate of drug-likeness (QED) is 0.495. The van der Waals surface area contributed by atoms with Crippen molar-refractivity contribution < 1.29 is 23.2 Å². The molecule has 0 radical (unpaired) electrons. The lowest BCUT2D eigenvalue weighted by molar-refractivity contribution is -0.384. The Morgan fingerprint density at radius 3 is 2.21 bits per heavy atom. The maximum Gasteiger partial charge on any atom is 0.269 e. The predicted molar refractivity (Wildman–Crippen MR) is 122 cm³/mol. The van der Waals surface area contributed by atoms with E-state index in [9.17, 15) is 28.4 Å². The molecular formula is C21H23ClN4O6S. The molecule has 2 saturated heterocycles. The molecule has 1 N–H and O–H groups in total. The first-order chi connectivity index (χ1) is 15.7. The maximum absolute atomic E-state index is 13.2. The summed E-state index contributed by atoms with van der Waals surface area (Å²) in [6.45, 7) is 1.60. The number of sulfonamides is 1. The number of rotatable bonds is 5. The lowest BCUT2D eigenvalue weighted by Crippen LogP contribution is -2.54. The molecule has 0 spiro atoms. The number of aliphatic hydroxyl groups is 1. The van der Waals surface area contributed by atoms with Crippen LogP contribution in [0.5, 0.6) is 0 Å². The molecule has 0 saturated carbocycles. The summed E-state index contributed by atoms with van der Waals surface area (Å²) < 4.78 is 27.4. The minimum Gasteiger partial charge on any atom is -0.392 e. The SMILES string of the molecule is O=C([C@@H]1C[C@@H](O)CN1S(=O)(=O)c1ccc(Cl)cc1)N1CCN(c2ccc([N+](=O)[O-])cc2)CC1. The van der Waals surface area contributed by atoms with E-state index in [2.05, 4.69) is 0 Å². The van der Waals surface area contributed by atoms with Gasteiger partial charge >= 0.3 is 0 Å². The number of nitro benzene ring substituents is 1. The fraction of sp³-hybridized carbons (Fsp3) is 0.381. The molecule has 2 atom stereocenters. The average Bonchev–Trinajstić information content (AvgIpc) is 3.21. The normalized spacial score (nSPS) is 21.9. The summed E-state index contributed by atoms with van der Waals surface area (Å²) >= 11 is 5.86. The number of hydrogen-bond acceptors (Lipinski definition) is 7. The van der Waals surface area contributed by atoms with Crippen molar-refractivity contribution in [3.05, 3.63) is 63.7 Å². The van der Waals surface area contributed by atoms with E-state index in [1.165, 1.54) is 36.4 Å². The number of benzene rings is 2. The first kappa shape index (κ1) is 23.4. The third kappa shape index (κ3) is 4.81. The van der Waals surface area contributed by atoms with Gasteiger partial charge in [-0.05, 0) is 36.4 Å². The molecule has 0 aliphatic carbocycles. The minimum atomic E-state index is -3.98. The molecule has 2 aromatic carbocycles. The highest BCUT2D eigenvalue weighted by Crippen LogP contribution is 2.29. The van der Waals surface area contributed by atoms with Gasteiger partial charge in [-0.3, -0.25) is 14.9 Å². The van der Waals surface area contributed by atoms with Crippen molar-refractivity contribution >= 4 is 38.9 Å². The zero-order valence-corrected chi connectivity index (χ0v) is 19.2. The van der Waals surface area contributed by atoms with E-state index in [1.54, 1.807) is 17.0 Å². The highest BCUT2D eigenvalue weighted by molar-refractivity contribution is 7.89. The van der Waals surface area contributed by atoms with Crippen LogP contribution in [0.1, 0.15) is 6.42 Å². The number of β-amino-alcohol motifs (C(OH)–C–C–N with tert-alkyl or cyclic N) is 1. The van der Waals surface area contributed by atoms with Gasteiger partial charge in [-0.15, -0.1) is 0 Å². The van der Waals surface area contributed by atoms with E-state index in [-0.39, 0.29) is 29.5 Å². The van der Waals surface area contributed by atoms with Crippen molar-refractivity contribution in [3.63, 3.8) is 0 Å². The highest BCUT2D eigenvalue weighted by Gasteiger charge is 2.45. The fourth-order valence-corrected chi connectivity index (χ4v) is 5.95. The van der Waals surface area contributed by atoms with E-state index in [1.807, 2.05) is 4.90 Å². The number of hydrogen-bond donors (Lipinski definition) is 1. The molecule has 2 fully saturated rings. The molecule has 12 heteroatoms. The molecular weight excluding hydrogens is 472 g/mol. The molecule has 33 heavy (non-hydrogen) atoms. The number of piperazine rings is 1. The Bertz CT molecular complexity index is 1130. The summed E-state index contributed by atoms with van der Waals surface area (Å²) in [5.41, 5.74) is 0.824. The van der Waals surface area contributed by atoms with Crippen LogP contribution < -0.4 is 4.90 Å². The Kier molecular flexibility index (Phi) is 6.57. The van der Waals surface area contributed by atoms with Crippen LogP contribution in [-0.4, -0.2) is 78.4 Å². The fourth-order valence-electron chi connectivity index (χ4n) is 4.20. The first-order valence-corrected chi connectivity index (χ1v) is 12.2. The van der Waals surface area contributed by atoms with Crippen molar-refractivity contribution in [3.8, 4) is 0 Å². The Morgan fingerprint density at radius 2 is 1.64 bits per heavy atom. The zero-order chi connectivity index (χ0) is 23.8. The largest absolute Gasteiger partial charge is 0.392 e. The van der Waals surface area contributed by atoms with Crippen LogP contribution >= 0.6 is 11.6 Å². The van der Waals surface area contributed by atoms with Crippen molar-refractivity contribution in [1.29, 1.82) is 0 Å². The highest BCUT2D eigenvalue weighted by atomic mass is 35.5. The van der Waals surface area contributed by atoms with E-state index in [0.29, 0.717) is 31.2 Å². The van der Waals surface area contributed by atoms with Gasteiger partial charge in [0.05, 0.1) is 15.9 Å². The first-order valence-electron chi connectivity index (χ1n) is 10.4.